The standard InChI is InChI=1S/C13H23B2N3O3/c1-12(2)13(3,4)21-15(20-12)10-6-16-18(7-10)11-8-17(9-11)14(5)19/h6-7,11,19H,8-9H2,1-5H3. The molecule has 2 aliphatic heterocycles. The van der Waals surface area contributed by atoms with Crippen molar-refractivity contribution in [3.63, 3.8) is 0 Å². The van der Waals surface area contributed by atoms with Crippen LogP contribution in [0.25, 0.3) is 0 Å². The van der Waals surface area contributed by atoms with Crippen molar-refractivity contribution < 1.29 is 14.3 Å². The summed E-state index contributed by atoms with van der Waals surface area (Å²) >= 11 is 0. The maximum absolute atomic E-state index is 9.49. The molecule has 6 nitrogen and oxygen atoms in total. The molecule has 0 amide bonds. The second-order valence-electron chi connectivity index (χ2n) is 7.08. The van der Waals surface area contributed by atoms with Crippen LogP contribution in [-0.2, 0) is 9.31 Å². The Balaban J connectivity index is 1.67. The van der Waals surface area contributed by atoms with E-state index in [4.69, 9.17) is 9.31 Å². The first kappa shape index (κ1) is 15.1. The van der Waals surface area contributed by atoms with Crippen molar-refractivity contribution in [3.05, 3.63) is 12.4 Å². The quantitative estimate of drug-likeness (QED) is 0.803. The van der Waals surface area contributed by atoms with Crippen molar-refractivity contribution in [1.82, 2.24) is 14.6 Å². The van der Waals surface area contributed by atoms with E-state index in [2.05, 4.69) is 5.10 Å². The van der Waals surface area contributed by atoms with E-state index in [0.717, 1.165) is 18.6 Å². The topological polar surface area (TPSA) is 59.8 Å². The second kappa shape index (κ2) is 4.84. The van der Waals surface area contributed by atoms with Gasteiger partial charge in [-0.1, -0.05) is 0 Å². The van der Waals surface area contributed by atoms with Gasteiger partial charge in [0.15, 0.2) is 0 Å². The van der Waals surface area contributed by atoms with Crippen LogP contribution in [0, 0.1) is 0 Å². The van der Waals surface area contributed by atoms with Crippen molar-refractivity contribution in [3.8, 4) is 0 Å². The van der Waals surface area contributed by atoms with Gasteiger partial charge in [0.2, 0.25) is 0 Å². The predicted octanol–water partition coefficient (Wildman–Crippen LogP) is 0.149. The normalized spacial score (nSPS) is 25.1. The van der Waals surface area contributed by atoms with Crippen molar-refractivity contribution in [1.29, 1.82) is 0 Å². The minimum Gasteiger partial charge on any atom is -0.437 e. The molecule has 0 saturated carbocycles. The molecule has 3 heterocycles. The Labute approximate surface area is 126 Å². The average molecular weight is 291 g/mol. The van der Waals surface area contributed by atoms with Gasteiger partial charge in [-0.3, -0.25) is 4.68 Å². The van der Waals surface area contributed by atoms with Crippen LogP contribution in [0.4, 0.5) is 0 Å². The van der Waals surface area contributed by atoms with Crippen LogP contribution in [0.1, 0.15) is 33.7 Å². The fourth-order valence-electron chi connectivity index (χ4n) is 2.61. The molecular weight excluding hydrogens is 268 g/mol. The molecule has 1 aromatic rings. The Morgan fingerprint density at radius 1 is 1.29 bits per heavy atom. The lowest BCUT2D eigenvalue weighted by atomic mass is 9.80. The van der Waals surface area contributed by atoms with E-state index < -0.39 is 0 Å². The smallest absolute Gasteiger partial charge is 0.437 e. The number of aromatic nitrogens is 2. The highest BCUT2D eigenvalue weighted by atomic mass is 16.7. The summed E-state index contributed by atoms with van der Waals surface area (Å²) in [7, 11) is -0.754. The maximum Gasteiger partial charge on any atom is 0.498 e. The third-order valence-corrected chi connectivity index (χ3v) is 4.94. The largest absolute Gasteiger partial charge is 0.498 e. The lowest BCUT2D eigenvalue weighted by Crippen LogP contribution is -2.54. The summed E-state index contributed by atoms with van der Waals surface area (Å²) in [6.45, 7) is 11.6. The Morgan fingerprint density at radius 3 is 2.38 bits per heavy atom. The van der Waals surface area contributed by atoms with Crippen LogP contribution >= 0.6 is 0 Å². The van der Waals surface area contributed by atoms with Crippen LogP contribution < -0.4 is 5.46 Å². The Kier molecular flexibility index (Phi) is 3.48. The molecule has 0 radical (unpaired) electrons. The van der Waals surface area contributed by atoms with Gasteiger partial charge in [0.1, 0.15) is 0 Å². The molecule has 21 heavy (non-hydrogen) atoms. The van der Waals surface area contributed by atoms with Gasteiger partial charge in [0.05, 0.1) is 17.2 Å². The van der Waals surface area contributed by atoms with E-state index in [1.807, 2.05) is 49.6 Å². The van der Waals surface area contributed by atoms with Gasteiger partial charge in [0, 0.05) is 30.9 Å². The lowest BCUT2D eigenvalue weighted by molar-refractivity contribution is 0.00578. The van der Waals surface area contributed by atoms with Crippen molar-refractivity contribution in [2.45, 2.75) is 51.8 Å². The highest BCUT2D eigenvalue weighted by Crippen LogP contribution is 2.36. The summed E-state index contributed by atoms with van der Waals surface area (Å²) in [5, 5.41) is 13.9. The molecule has 0 bridgehead atoms. The molecule has 2 aliphatic rings. The zero-order valence-corrected chi connectivity index (χ0v) is 13.4. The molecule has 1 aromatic heterocycles. The zero-order chi connectivity index (χ0) is 15.4. The second-order valence-corrected chi connectivity index (χ2v) is 7.08. The van der Waals surface area contributed by atoms with Crippen molar-refractivity contribution >= 4 is 19.6 Å². The minimum atomic E-state index is -0.389. The minimum absolute atomic E-state index is 0.316. The average Bonchev–Trinajstić information content (AvgIpc) is 2.80. The van der Waals surface area contributed by atoms with Gasteiger partial charge < -0.3 is 19.1 Å². The molecule has 2 saturated heterocycles. The summed E-state index contributed by atoms with van der Waals surface area (Å²) in [5.41, 5.74) is 0.280. The first-order chi connectivity index (χ1) is 9.69. The lowest BCUT2D eigenvalue weighted by Gasteiger charge is -2.40. The van der Waals surface area contributed by atoms with Crippen molar-refractivity contribution in [2.75, 3.05) is 13.1 Å². The van der Waals surface area contributed by atoms with Gasteiger partial charge in [-0.15, -0.1) is 0 Å². The number of hydrogen-bond acceptors (Lipinski definition) is 5. The van der Waals surface area contributed by atoms with E-state index in [-0.39, 0.29) is 25.4 Å². The number of hydrogen-bond donors (Lipinski definition) is 1. The molecule has 114 valence electrons. The van der Waals surface area contributed by atoms with E-state index in [9.17, 15) is 5.02 Å². The molecule has 0 atom stereocenters. The van der Waals surface area contributed by atoms with E-state index >= 15 is 0 Å². The van der Waals surface area contributed by atoms with Gasteiger partial charge in [-0.2, -0.15) is 5.10 Å². The molecule has 0 spiro atoms. The Hall–Kier alpha value is -0.820. The Morgan fingerprint density at radius 2 is 1.86 bits per heavy atom. The van der Waals surface area contributed by atoms with Crippen LogP contribution in [0.15, 0.2) is 12.4 Å². The fraction of sp³-hybridized carbons (Fsp3) is 0.769. The number of nitrogens with zero attached hydrogens (tertiary/aromatic N) is 3. The van der Waals surface area contributed by atoms with Crippen LogP contribution in [0.5, 0.6) is 0 Å². The van der Waals surface area contributed by atoms with Crippen LogP contribution in [-0.4, -0.2) is 58.1 Å². The van der Waals surface area contributed by atoms with Crippen molar-refractivity contribution in [2.24, 2.45) is 0 Å². The first-order valence-corrected chi connectivity index (χ1v) is 7.51. The van der Waals surface area contributed by atoms with Crippen LogP contribution in [0.2, 0.25) is 6.82 Å². The summed E-state index contributed by atoms with van der Waals surface area (Å²) < 4.78 is 14.0. The Bertz CT molecular complexity index is 510. The number of rotatable bonds is 3. The molecule has 3 rings (SSSR count). The maximum atomic E-state index is 9.49. The molecule has 0 aliphatic carbocycles. The molecule has 8 heteroatoms. The monoisotopic (exact) mass is 291 g/mol. The summed E-state index contributed by atoms with van der Waals surface area (Å²) in [6.07, 6.45) is 3.80. The van der Waals surface area contributed by atoms with E-state index in [1.54, 1.807) is 6.82 Å². The highest BCUT2D eigenvalue weighted by Gasteiger charge is 2.52. The zero-order valence-electron chi connectivity index (χ0n) is 13.4. The fourth-order valence-corrected chi connectivity index (χ4v) is 2.61. The van der Waals surface area contributed by atoms with Gasteiger partial charge in [-0.05, 0) is 34.5 Å². The molecule has 2 fully saturated rings. The molecular formula is C13H23B2N3O3. The summed E-state index contributed by atoms with van der Waals surface area (Å²) in [5.74, 6) is 0. The van der Waals surface area contributed by atoms with Gasteiger partial charge in [0.25, 0.3) is 0 Å². The first-order valence-electron chi connectivity index (χ1n) is 7.51. The summed E-state index contributed by atoms with van der Waals surface area (Å²) in [6, 6.07) is 0.316. The molecule has 0 unspecified atom stereocenters. The third kappa shape index (κ3) is 2.54. The summed E-state index contributed by atoms with van der Waals surface area (Å²) in [4.78, 5) is 2.00. The third-order valence-electron chi connectivity index (χ3n) is 4.94. The van der Waals surface area contributed by atoms with E-state index in [1.165, 1.54) is 0 Å². The predicted molar refractivity (Wildman–Crippen MR) is 82.4 cm³/mol. The van der Waals surface area contributed by atoms with Crippen LogP contribution in [0.3, 0.4) is 0 Å². The van der Waals surface area contributed by atoms with E-state index in [0.29, 0.717) is 6.04 Å². The van der Waals surface area contributed by atoms with Gasteiger partial charge in [-0.25, -0.2) is 0 Å². The SMILES string of the molecule is CB(O)N1CC(n2cc(B3OC(C)(C)C(C)(C)O3)cn2)C1. The highest BCUT2D eigenvalue weighted by molar-refractivity contribution is 6.62. The molecule has 1 N–H and O–H groups in total. The molecule has 0 aromatic carbocycles. The van der Waals surface area contributed by atoms with Gasteiger partial charge >= 0.3 is 14.2 Å².